The quantitative estimate of drug-likeness (QED) is 0.647. The summed E-state index contributed by atoms with van der Waals surface area (Å²) in [6, 6.07) is 0. The van der Waals surface area contributed by atoms with Gasteiger partial charge in [-0.15, -0.1) is 0 Å². The van der Waals surface area contributed by atoms with Crippen molar-refractivity contribution in [1.29, 1.82) is 0 Å². The van der Waals surface area contributed by atoms with Crippen LogP contribution in [-0.2, 0) is 9.53 Å². The van der Waals surface area contributed by atoms with E-state index in [1.54, 1.807) is 12.0 Å². The van der Waals surface area contributed by atoms with Crippen LogP contribution in [0.2, 0.25) is 0 Å². The molecular weight excluding hydrogens is 180 g/mol. The van der Waals surface area contributed by atoms with E-state index in [1.807, 2.05) is 14.0 Å². The molecule has 1 unspecified atom stereocenters. The Morgan fingerprint density at radius 1 is 1.57 bits per heavy atom. The van der Waals surface area contributed by atoms with Crippen molar-refractivity contribution in [3.05, 3.63) is 0 Å². The van der Waals surface area contributed by atoms with Crippen LogP contribution >= 0.6 is 0 Å². The number of hydrogen-bond acceptors (Lipinski definition) is 3. The molecule has 0 bridgehead atoms. The van der Waals surface area contributed by atoms with Crippen LogP contribution in [0, 0.1) is 5.92 Å². The first-order chi connectivity index (χ1) is 6.61. The zero-order valence-corrected chi connectivity index (χ0v) is 9.67. The lowest BCUT2D eigenvalue weighted by molar-refractivity contribution is -0.128. The number of nitrogens with one attached hydrogen (secondary N) is 1. The molecule has 0 aliphatic rings. The third-order valence-electron chi connectivity index (χ3n) is 2.12. The van der Waals surface area contributed by atoms with Gasteiger partial charge in [0, 0.05) is 33.9 Å². The molecule has 0 aromatic carbocycles. The van der Waals surface area contributed by atoms with Crippen molar-refractivity contribution in [1.82, 2.24) is 10.2 Å². The first-order valence-corrected chi connectivity index (χ1v) is 5.05. The summed E-state index contributed by atoms with van der Waals surface area (Å²) in [4.78, 5) is 13.0. The smallest absolute Gasteiger partial charge is 0.236 e. The van der Waals surface area contributed by atoms with Gasteiger partial charge in [0.2, 0.25) is 5.91 Å². The predicted molar refractivity (Wildman–Crippen MR) is 57.2 cm³/mol. The number of hydrogen-bond donors (Lipinski definition) is 1. The number of carbonyl (C=O) groups is 1. The molecule has 0 aromatic rings. The Balaban J connectivity index is 3.48. The summed E-state index contributed by atoms with van der Waals surface area (Å²) in [5.41, 5.74) is 0. The molecule has 14 heavy (non-hydrogen) atoms. The maximum atomic E-state index is 11.3. The van der Waals surface area contributed by atoms with Crippen LogP contribution in [-0.4, -0.2) is 51.2 Å². The lowest BCUT2D eigenvalue weighted by Crippen LogP contribution is -2.37. The molecule has 0 aliphatic carbocycles. The fourth-order valence-corrected chi connectivity index (χ4v) is 1.08. The number of likely N-dealkylation sites (N-methyl/N-ethyl adjacent to an activating group) is 1. The van der Waals surface area contributed by atoms with E-state index in [1.165, 1.54) is 0 Å². The lowest BCUT2D eigenvalue weighted by Gasteiger charge is -2.16. The van der Waals surface area contributed by atoms with E-state index in [0.717, 1.165) is 19.7 Å². The summed E-state index contributed by atoms with van der Waals surface area (Å²) in [6.07, 6.45) is 0. The highest BCUT2D eigenvalue weighted by Crippen LogP contribution is 1.91. The molecular formula is C10H22N2O2. The van der Waals surface area contributed by atoms with Crippen LogP contribution in [0.15, 0.2) is 0 Å². The molecule has 1 amide bonds. The van der Waals surface area contributed by atoms with Crippen molar-refractivity contribution in [3.8, 4) is 0 Å². The molecule has 0 aliphatic heterocycles. The number of nitrogens with zero attached hydrogens (tertiary/aromatic N) is 1. The van der Waals surface area contributed by atoms with Gasteiger partial charge in [0.1, 0.15) is 0 Å². The minimum Gasteiger partial charge on any atom is -0.384 e. The fourth-order valence-electron chi connectivity index (χ4n) is 1.08. The molecule has 0 spiro atoms. The Morgan fingerprint density at radius 3 is 2.71 bits per heavy atom. The molecule has 0 heterocycles. The molecule has 4 heteroatoms. The van der Waals surface area contributed by atoms with E-state index >= 15 is 0 Å². The average molecular weight is 202 g/mol. The minimum absolute atomic E-state index is 0.136. The third kappa shape index (κ3) is 5.94. The SMILES string of the molecule is CCN(C)C(=O)CNCC(C)COC. The zero-order valence-electron chi connectivity index (χ0n) is 9.67. The Morgan fingerprint density at radius 2 is 2.21 bits per heavy atom. The molecule has 84 valence electrons. The maximum absolute atomic E-state index is 11.3. The number of carbonyl (C=O) groups excluding carboxylic acids is 1. The summed E-state index contributed by atoms with van der Waals surface area (Å²) < 4.78 is 4.99. The van der Waals surface area contributed by atoms with Crippen molar-refractivity contribution in [2.75, 3.05) is 40.4 Å². The van der Waals surface area contributed by atoms with E-state index in [-0.39, 0.29) is 5.91 Å². The summed E-state index contributed by atoms with van der Waals surface area (Å²) in [5, 5.41) is 3.11. The van der Waals surface area contributed by atoms with Crippen LogP contribution in [0.1, 0.15) is 13.8 Å². The van der Waals surface area contributed by atoms with Crippen molar-refractivity contribution in [3.63, 3.8) is 0 Å². The first-order valence-electron chi connectivity index (χ1n) is 5.05. The van der Waals surface area contributed by atoms with Gasteiger partial charge < -0.3 is 15.0 Å². The lowest BCUT2D eigenvalue weighted by atomic mass is 10.2. The Labute approximate surface area is 86.6 Å². The summed E-state index contributed by atoms with van der Waals surface area (Å²) in [5.74, 6) is 0.580. The average Bonchev–Trinajstić information content (AvgIpc) is 2.16. The van der Waals surface area contributed by atoms with Gasteiger partial charge in [0.05, 0.1) is 6.54 Å². The Hall–Kier alpha value is -0.610. The van der Waals surface area contributed by atoms with E-state index in [2.05, 4.69) is 12.2 Å². The largest absolute Gasteiger partial charge is 0.384 e. The van der Waals surface area contributed by atoms with Gasteiger partial charge in [0.15, 0.2) is 0 Å². The molecule has 0 rings (SSSR count). The van der Waals surface area contributed by atoms with Crippen LogP contribution in [0.25, 0.3) is 0 Å². The Bertz CT molecular complexity index is 162. The van der Waals surface area contributed by atoms with E-state index in [4.69, 9.17) is 4.74 Å². The van der Waals surface area contributed by atoms with Gasteiger partial charge in [-0.3, -0.25) is 4.79 Å². The van der Waals surface area contributed by atoms with Gasteiger partial charge in [-0.2, -0.15) is 0 Å². The topological polar surface area (TPSA) is 41.6 Å². The normalized spacial score (nSPS) is 12.6. The predicted octanol–water partition coefficient (Wildman–Crippen LogP) is 0.337. The molecule has 0 saturated carbocycles. The summed E-state index contributed by atoms with van der Waals surface area (Å²) >= 11 is 0. The first kappa shape index (κ1) is 13.4. The van der Waals surface area contributed by atoms with Crippen molar-refractivity contribution in [2.45, 2.75) is 13.8 Å². The standard InChI is InChI=1S/C10H22N2O2/c1-5-12(3)10(13)7-11-6-9(2)8-14-4/h9,11H,5-8H2,1-4H3. The van der Waals surface area contributed by atoms with E-state index in [9.17, 15) is 4.79 Å². The van der Waals surface area contributed by atoms with Gasteiger partial charge in [-0.1, -0.05) is 6.92 Å². The number of amides is 1. The van der Waals surface area contributed by atoms with Crippen LogP contribution in [0.3, 0.4) is 0 Å². The van der Waals surface area contributed by atoms with E-state index in [0.29, 0.717) is 12.5 Å². The Kier molecular flexibility index (Phi) is 7.42. The molecule has 4 nitrogen and oxygen atoms in total. The zero-order chi connectivity index (χ0) is 11.0. The molecule has 0 saturated heterocycles. The van der Waals surface area contributed by atoms with E-state index < -0.39 is 0 Å². The molecule has 1 atom stereocenters. The van der Waals surface area contributed by atoms with Crippen LogP contribution in [0.5, 0.6) is 0 Å². The second kappa shape index (κ2) is 7.76. The molecule has 0 fully saturated rings. The third-order valence-corrected chi connectivity index (χ3v) is 2.12. The van der Waals surface area contributed by atoms with Crippen molar-refractivity contribution in [2.24, 2.45) is 5.92 Å². The minimum atomic E-state index is 0.136. The molecule has 0 radical (unpaired) electrons. The fraction of sp³-hybridized carbons (Fsp3) is 0.900. The highest BCUT2D eigenvalue weighted by molar-refractivity contribution is 5.77. The van der Waals surface area contributed by atoms with Gasteiger partial charge in [0.25, 0.3) is 0 Å². The molecule has 0 aromatic heterocycles. The van der Waals surface area contributed by atoms with Crippen LogP contribution < -0.4 is 5.32 Å². The van der Waals surface area contributed by atoms with Crippen LogP contribution in [0.4, 0.5) is 0 Å². The van der Waals surface area contributed by atoms with Gasteiger partial charge in [-0.25, -0.2) is 0 Å². The van der Waals surface area contributed by atoms with Gasteiger partial charge in [-0.05, 0) is 12.8 Å². The second-order valence-electron chi connectivity index (χ2n) is 3.60. The summed E-state index contributed by atoms with van der Waals surface area (Å²) in [6.45, 7) is 6.77. The number of methoxy groups -OCH3 is 1. The van der Waals surface area contributed by atoms with Crippen molar-refractivity contribution < 1.29 is 9.53 Å². The monoisotopic (exact) mass is 202 g/mol. The highest BCUT2D eigenvalue weighted by atomic mass is 16.5. The maximum Gasteiger partial charge on any atom is 0.236 e. The molecule has 1 N–H and O–H groups in total. The number of rotatable bonds is 7. The summed E-state index contributed by atoms with van der Waals surface area (Å²) in [7, 11) is 3.50. The van der Waals surface area contributed by atoms with Crippen molar-refractivity contribution >= 4 is 5.91 Å². The highest BCUT2D eigenvalue weighted by Gasteiger charge is 2.06. The second-order valence-corrected chi connectivity index (χ2v) is 3.60. The van der Waals surface area contributed by atoms with Gasteiger partial charge >= 0.3 is 0 Å². The number of ether oxygens (including phenoxy) is 1.